The van der Waals surface area contributed by atoms with Gasteiger partial charge in [-0.1, -0.05) is 0 Å². The van der Waals surface area contributed by atoms with Crippen molar-refractivity contribution in [2.75, 3.05) is 19.7 Å². The van der Waals surface area contributed by atoms with Crippen molar-refractivity contribution in [3.8, 4) is 0 Å². The highest BCUT2D eigenvalue weighted by molar-refractivity contribution is 5.86. The number of carbonyl (C=O) groups excluding carboxylic acids is 1. The largest absolute Gasteiger partial charge is 0.479 e. The van der Waals surface area contributed by atoms with E-state index in [1.54, 1.807) is 0 Å². The Balaban J connectivity index is 5.24. The van der Waals surface area contributed by atoms with Crippen LogP contribution in [-0.4, -0.2) is 64.7 Å². The van der Waals surface area contributed by atoms with Crippen LogP contribution in [0.3, 0.4) is 0 Å². The van der Waals surface area contributed by atoms with Gasteiger partial charge in [-0.2, -0.15) is 26.3 Å². The summed E-state index contributed by atoms with van der Waals surface area (Å²) in [6.45, 7) is -3.71. The fourth-order valence-electron chi connectivity index (χ4n) is 1.13. The molecule has 0 radical (unpaired) electrons. The number of nitrogens with one attached hydrogen (secondary N) is 1. The fourth-order valence-corrected chi connectivity index (χ4v) is 1.13. The Morgan fingerprint density at radius 2 is 1.62 bits per heavy atom. The van der Waals surface area contributed by atoms with Gasteiger partial charge in [0.1, 0.15) is 6.54 Å². The van der Waals surface area contributed by atoms with Crippen LogP contribution >= 0.6 is 0 Å². The summed E-state index contributed by atoms with van der Waals surface area (Å²) in [6.07, 6.45) is -10.4. The number of hydrogen-bond acceptors (Lipinski definition) is 3. The fraction of sp³-hybridized carbons (Fsp3) is 0.778. The van der Waals surface area contributed by atoms with E-state index < -0.39 is 49.6 Å². The summed E-state index contributed by atoms with van der Waals surface area (Å²) >= 11 is 0. The molecule has 21 heavy (non-hydrogen) atoms. The molecule has 0 saturated carbocycles. The lowest BCUT2D eigenvalue weighted by molar-refractivity contribution is -0.203. The minimum absolute atomic E-state index is 0.0952. The molecule has 1 unspecified atom stereocenters. The highest BCUT2D eigenvalue weighted by Gasteiger charge is 2.59. The molecule has 0 aliphatic heterocycles. The third-order valence-corrected chi connectivity index (χ3v) is 2.38. The van der Waals surface area contributed by atoms with Gasteiger partial charge in [0.25, 0.3) is 0 Å². The van der Waals surface area contributed by atoms with E-state index >= 15 is 0 Å². The van der Waals surface area contributed by atoms with Crippen LogP contribution in [0, 0.1) is 0 Å². The van der Waals surface area contributed by atoms with Crippen LogP contribution < -0.4 is 5.32 Å². The first-order chi connectivity index (χ1) is 9.24. The second kappa shape index (κ2) is 6.37. The molecule has 0 fully saturated rings. The summed E-state index contributed by atoms with van der Waals surface area (Å²) in [4.78, 5) is 21.9. The summed E-state index contributed by atoms with van der Waals surface area (Å²) in [5, 5.41) is 18.1. The summed E-state index contributed by atoms with van der Waals surface area (Å²) in [5.41, 5.74) is -3.76. The average molecular weight is 326 g/mol. The van der Waals surface area contributed by atoms with Crippen molar-refractivity contribution in [1.82, 2.24) is 10.2 Å². The first-order valence-corrected chi connectivity index (χ1v) is 5.29. The van der Waals surface area contributed by atoms with E-state index in [0.29, 0.717) is 0 Å². The predicted molar refractivity (Wildman–Crippen MR) is 55.3 cm³/mol. The molecule has 0 aromatic heterocycles. The predicted octanol–water partition coefficient (Wildman–Crippen LogP) is 0.958. The zero-order valence-corrected chi connectivity index (χ0v) is 10.5. The van der Waals surface area contributed by atoms with Gasteiger partial charge in [0.2, 0.25) is 5.54 Å². The number of halogens is 6. The Kier molecular flexibility index (Phi) is 5.85. The molecule has 0 bridgehead atoms. The number of aliphatic carboxylic acids is 1. The van der Waals surface area contributed by atoms with Crippen LogP contribution in [0.1, 0.15) is 6.92 Å². The third kappa shape index (κ3) is 5.28. The van der Waals surface area contributed by atoms with Crippen LogP contribution in [0.4, 0.5) is 31.1 Å². The summed E-state index contributed by atoms with van der Waals surface area (Å²) in [5.74, 6) is -2.49. The Morgan fingerprint density at radius 1 is 1.14 bits per heavy atom. The monoisotopic (exact) mass is 326 g/mol. The van der Waals surface area contributed by atoms with Gasteiger partial charge in [-0.05, 0) is 6.92 Å². The molecular weight excluding hydrogens is 314 g/mol. The van der Waals surface area contributed by atoms with Crippen molar-refractivity contribution in [2.45, 2.75) is 24.8 Å². The molecule has 0 aliphatic carbocycles. The van der Waals surface area contributed by atoms with Gasteiger partial charge in [-0.15, -0.1) is 0 Å². The lowest BCUT2D eigenvalue weighted by Gasteiger charge is -2.32. The van der Waals surface area contributed by atoms with Crippen molar-refractivity contribution in [3.63, 3.8) is 0 Å². The second-order valence-electron chi connectivity index (χ2n) is 4.12. The van der Waals surface area contributed by atoms with Crippen molar-refractivity contribution >= 4 is 12.0 Å². The molecule has 0 rings (SSSR count). The van der Waals surface area contributed by atoms with Gasteiger partial charge in [-0.25, -0.2) is 9.59 Å². The number of amides is 2. The van der Waals surface area contributed by atoms with Crippen LogP contribution in [-0.2, 0) is 4.79 Å². The average Bonchev–Trinajstić information content (AvgIpc) is 2.24. The Bertz CT molecular complexity index is 397. The highest BCUT2D eigenvalue weighted by atomic mass is 19.4. The molecule has 2 amide bonds. The number of carbonyl (C=O) groups is 2. The van der Waals surface area contributed by atoms with Gasteiger partial charge in [0.05, 0.1) is 6.61 Å². The smallest absolute Gasteiger partial charge is 0.422 e. The van der Waals surface area contributed by atoms with E-state index in [1.165, 1.54) is 0 Å². The van der Waals surface area contributed by atoms with Crippen molar-refractivity contribution in [1.29, 1.82) is 0 Å². The first-order valence-electron chi connectivity index (χ1n) is 5.29. The number of aliphatic hydroxyl groups is 1. The summed E-state index contributed by atoms with van der Waals surface area (Å²) in [7, 11) is 0. The summed E-state index contributed by atoms with van der Waals surface area (Å²) < 4.78 is 74.4. The van der Waals surface area contributed by atoms with E-state index in [-0.39, 0.29) is 11.8 Å². The van der Waals surface area contributed by atoms with Gasteiger partial charge in [0, 0.05) is 6.54 Å². The number of alkyl halides is 6. The van der Waals surface area contributed by atoms with Crippen molar-refractivity contribution < 1.29 is 46.1 Å². The molecule has 0 aromatic carbocycles. The van der Waals surface area contributed by atoms with Gasteiger partial charge in [0.15, 0.2) is 0 Å². The number of rotatable bonds is 5. The van der Waals surface area contributed by atoms with E-state index in [1.807, 2.05) is 0 Å². The lowest BCUT2D eigenvalue weighted by Crippen LogP contribution is -2.64. The van der Waals surface area contributed by atoms with E-state index in [2.05, 4.69) is 0 Å². The zero-order chi connectivity index (χ0) is 17.1. The Hall–Kier alpha value is -1.72. The number of carboxylic acids is 1. The van der Waals surface area contributed by atoms with E-state index in [4.69, 9.17) is 10.2 Å². The zero-order valence-electron chi connectivity index (χ0n) is 10.5. The Morgan fingerprint density at radius 3 is 1.90 bits per heavy atom. The third-order valence-electron chi connectivity index (χ3n) is 2.38. The van der Waals surface area contributed by atoms with Crippen LogP contribution in [0.5, 0.6) is 0 Å². The molecule has 6 nitrogen and oxygen atoms in total. The standard InChI is InChI=1S/C9H12F6N2O4/c1-7(5(19)20,9(13,14)15)16-6(21)17(2-3-18)4-8(10,11)12/h18H,2-4H2,1H3,(H,16,21)(H,19,20). The molecule has 0 heterocycles. The minimum atomic E-state index is -5.43. The molecule has 1 atom stereocenters. The number of nitrogens with zero attached hydrogens (tertiary/aromatic N) is 1. The maximum absolute atomic E-state index is 12.6. The first kappa shape index (κ1) is 19.3. The van der Waals surface area contributed by atoms with Gasteiger partial charge in [-0.3, -0.25) is 0 Å². The molecule has 0 aromatic rings. The van der Waals surface area contributed by atoms with Gasteiger partial charge >= 0.3 is 24.4 Å². The number of aliphatic hydroxyl groups excluding tert-OH is 1. The van der Waals surface area contributed by atoms with Crippen LogP contribution in [0.15, 0.2) is 0 Å². The van der Waals surface area contributed by atoms with Crippen molar-refractivity contribution in [3.05, 3.63) is 0 Å². The molecule has 3 N–H and O–H groups in total. The SMILES string of the molecule is CC(NC(=O)N(CCO)CC(F)(F)F)(C(=O)O)C(F)(F)F. The number of urea groups is 1. The number of hydrogen-bond donors (Lipinski definition) is 3. The van der Waals surface area contributed by atoms with Gasteiger partial charge < -0.3 is 20.4 Å². The Labute approximate surface area is 114 Å². The summed E-state index contributed by atoms with van der Waals surface area (Å²) in [6, 6.07) is -1.91. The molecule has 0 saturated heterocycles. The molecule has 0 aliphatic rings. The lowest BCUT2D eigenvalue weighted by atomic mass is 10.0. The molecule has 124 valence electrons. The van der Waals surface area contributed by atoms with Crippen molar-refractivity contribution in [2.24, 2.45) is 0 Å². The molecular formula is C9H12F6N2O4. The minimum Gasteiger partial charge on any atom is -0.479 e. The normalized spacial score (nSPS) is 15.2. The van der Waals surface area contributed by atoms with Crippen LogP contribution in [0.2, 0.25) is 0 Å². The maximum Gasteiger partial charge on any atom is 0.422 e. The van der Waals surface area contributed by atoms with E-state index in [9.17, 15) is 35.9 Å². The molecule has 0 spiro atoms. The van der Waals surface area contributed by atoms with Crippen LogP contribution in [0.25, 0.3) is 0 Å². The number of carboxylic acid groups (broad SMARTS) is 1. The molecule has 12 heteroatoms. The maximum atomic E-state index is 12.6. The quantitative estimate of drug-likeness (QED) is 0.657. The topological polar surface area (TPSA) is 89.9 Å². The van der Waals surface area contributed by atoms with E-state index in [0.717, 1.165) is 5.32 Å². The second-order valence-corrected chi connectivity index (χ2v) is 4.12. The highest BCUT2D eigenvalue weighted by Crippen LogP contribution is 2.30.